The Labute approximate surface area is 161 Å². The van der Waals surface area contributed by atoms with Crippen LogP contribution < -0.4 is 5.32 Å². The van der Waals surface area contributed by atoms with Gasteiger partial charge in [0.05, 0.1) is 23.7 Å². The molecule has 0 fully saturated rings. The SMILES string of the molecule is CCOC(=O)N1CCc2nc(NC(=O)c3cccc(S(C)(=O)=O)c3)sc2C1. The molecule has 0 radical (unpaired) electrons. The lowest BCUT2D eigenvalue weighted by molar-refractivity contribution is 0.102. The quantitative estimate of drug-likeness (QED) is 0.831. The number of carbonyl (C=O) groups is 2. The summed E-state index contributed by atoms with van der Waals surface area (Å²) in [5.74, 6) is -0.436. The lowest BCUT2D eigenvalue weighted by Crippen LogP contribution is -2.35. The number of hydrogen-bond acceptors (Lipinski definition) is 7. The highest BCUT2D eigenvalue weighted by Gasteiger charge is 2.25. The average molecular weight is 409 g/mol. The molecule has 144 valence electrons. The predicted octanol–water partition coefficient (Wildman–Crippen LogP) is 2.31. The summed E-state index contributed by atoms with van der Waals surface area (Å²) >= 11 is 1.30. The van der Waals surface area contributed by atoms with Crippen LogP contribution in [0.1, 0.15) is 27.9 Å². The molecule has 1 aliphatic heterocycles. The number of anilines is 1. The summed E-state index contributed by atoms with van der Waals surface area (Å²) in [5.41, 5.74) is 1.08. The Morgan fingerprint density at radius 1 is 1.37 bits per heavy atom. The van der Waals surface area contributed by atoms with E-state index in [0.717, 1.165) is 16.8 Å². The molecule has 0 aliphatic carbocycles. The Bertz CT molecular complexity index is 984. The fraction of sp³-hybridized carbons (Fsp3) is 0.353. The smallest absolute Gasteiger partial charge is 0.410 e. The zero-order valence-corrected chi connectivity index (χ0v) is 16.5. The third kappa shape index (κ3) is 4.45. The number of thiazole rings is 1. The van der Waals surface area contributed by atoms with Crippen molar-refractivity contribution in [2.24, 2.45) is 0 Å². The van der Waals surface area contributed by atoms with E-state index in [4.69, 9.17) is 4.74 Å². The van der Waals surface area contributed by atoms with Crippen LogP contribution in [0.3, 0.4) is 0 Å². The molecule has 3 rings (SSSR count). The third-order valence-corrected chi connectivity index (χ3v) is 6.11. The number of nitrogens with one attached hydrogen (secondary N) is 1. The van der Waals surface area contributed by atoms with Gasteiger partial charge in [0.2, 0.25) is 0 Å². The van der Waals surface area contributed by atoms with E-state index in [1.807, 2.05) is 0 Å². The van der Waals surface area contributed by atoms with Gasteiger partial charge in [0.15, 0.2) is 15.0 Å². The van der Waals surface area contributed by atoms with Crippen LogP contribution in [0.2, 0.25) is 0 Å². The van der Waals surface area contributed by atoms with E-state index in [0.29, 0.717) is 31.2 Å². The molecule has 27 heavy (non-hydrogen) atoms. The van der Waals surface area contributed by atoms with Crippen LogP contribution in [-0.2, 0) is 27.5 Å². The second-order valence-corrected chi connectivity index (χ2v) is 9.11. The molecule has 1 aromatic heterocycles. The van der Waals surface area contributed by atoms with E-state index in [1.165, 1.54) is 29.5 Å². The minimum atomic E-state index is -3.40. The molecule has 0 saturated heterocycles. The highest BCUT2D eigenvalue weighted by atomic mass is 32.2. The van der Waals surface area contributed by atoms with Gasteiger partial charge in [-0.15, -0.1) is 0 Å². The molecule has 2 amide bonds. The number of carbonyl (C=O) groups excluding carboxylic acids is 2. The summed E-state index contributed by atoms with van der Waals surface area (Å²) in [6, 6.07) is 5.84. The number of sulfone groups is 1. The molecule has 2 aromatic rings. The molecule has 0 bridgehead atoms. The van der Waals surface area contributed by atoms with Crippen LogP contribution in [0.5, 0.6) is 0 Å². The van der Waals surface area contributed by atoms with E-state index in [9.17, 15) is 18.0 Å². The van der Waals surface area contributed by atoms with Crippen molar-refractivity contribution in [1.29, 1.82) is 0 Å². The molecule has 1 N–H and O–H groups in total. The highest BCUT2D eigenvalue weighted by Crippen LogP contribution is 2.29. The van der Waals surface area contributed by atoms with Crippen molar-refractivity contribution in [3.05, 3.63) is 40.4 Å². The van der Waals surface area contributed by atoms with Gasteiger partial charge >= 0.3 is 6.09 Å². The van der Waals surface area contributed by atoms with Crippen LogP contribution in [-0.4, -0.2) is 49.7 Å². The lowest BCUT2D eigenvalue weighted by atomic mass is 10.2. The van der Waals surface area contributed by atoms with Crippen molar-refractivity contribution in [3.8, 4) is 0 Å². The molecule has 10 heteroatoms. The number of fused-ring (bicyclic) bond motifs is 1. The zero-order valence-electron chi connectivity index (χ0n) is 14.9. The molecule has 0 spiro atoms. The topological polar surface area (TPSA) is 106 Å². The van der Waals surface area contributed by atoms with E-state index >= 15 is 0 Å². The van der Waals surface area contributed by atoms with Crippen molar-refractivity contribution < 1.29 is 22.7 Å². The van der Waals surface area contributed by atoms with Crippen molar-refractivity contribution in [1.82, 2.24) is 9.88 Å². The molecule has 8 nitrogen and oxygen atoms in total. The van der Waals surface area contributed by atoms with E-state index in [1.54, 1.807) is 17.9 Å². The molecule has 2 heterocycles. The first-order valence-electron chi connectivity index (χ1n) is 8.29. The van der Waals surface area contributed by atoms with Gasteiger partial charge in [-0.05, 0) is 25.1 Å². The van der Waals surface area contributed by atoms with E-state index in [-0.39, 0.29) is 16.6 Å². The Hall–Kier alpha value is -2.46. The van der Waals surface area contributed by atoms with Crippen LogP contribution in [0.25, 0.3) is 0 Å². The Morgan fingerprint density at radius 3 is 2.85 bits per heavy atom. The Morgan fingerprint density at radius 2 is 2.15 bits per heavy atom. The molecule has 0 saturated carbocycles. The minimum absolute atomic E-state index is 0.0821. The van der Waals surface area contributed by atoms with Gasteiger partial charge in [0.25, 0.3) is 5.91 Å². The number of amides is 2. The minimum Gasteiger partial charge on any atom is -0.450 e. The molecule has 1 aliphatic rings. The third-order valence-electron chi connectivity index (χ3n) is 4.00. The number of benzene rings is 1. The molecular weight excluding hydrogens is 390 g/mol. The van der Waals surface area contributed by atoms with Crippen LogP contribution in [0.4, 0.5) is 9.93 Å². The van der Waals surface area contributed by atoms with Gasteiger partial charge < -0.3 is 9.64 Å². The standard InChI is InChI=1S/C17H19N3O5S2/c1-3-25-17(22)20-8-7-13-14(10-20)26-16(18-13)19-15(21)11-5-4-6-12(9-11)27(2,23)24/h4-6,9H,3,7-8,10H2,1-2H3,(H,18,19,21). The van der Waals surface area contributed by atoms with E-state index < -0.39 is 15.7 Å². The first-order valence-corrected chi connectivity index (χ1v) is 11.0. The van der Waals surface area contributed by atoms with Gasteiger partial charge in [-0.2, -0.15) is 0 Å². The number of ether oxygens (including phenoxy) is 1. The summed E-state index contributed by atoms with van der Waals surface area (Å²) in [7, 11) is -3.40. The van der Waals surface area contributed by atoms with E-state index in [2.05, 4.69) is 10.3 Å². The second-order valence-electron chi connectivity index (χ2n) is 6.01. The maximum atomic E-state index is 12.4. The maximum absolute atomic E-state index is 12.4. The normalized spacial score (nSPS) is 13.8. The first kappa shape index (κ1) is 19.3. The number of rotatable bonds is 4. The van der Waals surface area contributed by atoms with Crippen molar-refractivity contribution in [3.63, 3.8) is 0 Å². The molecular formula is C17H19N3O5S2. The fourth-order valence-corrected chi connectivity index (χ4v) is 4.34. The summed E-state index contributed by atoms with van der Waals surface area (Å²) in [5, 5.41) is 3.12. The van der Waals surface area contributed by atoms with Crippen molar-refractivity contribution >= 4 is 38.3 Å². The zero-order chi connectivity index (χ0) is 19.6. The molecule has 1 aromatic carbocycles. The molecule has 0 atom stereocenters. The second kappa shape index (κ2) is 7.65. The van der Waals surface area contributed by atoms with Gasteiger partial charge in [0, 0.05) is 29.7 Å². The Balaban J connectivity index is 1.73. The fourth-order valence-electron chi connectivity index (χ4n) is 2.66. The van der Waals surface area contributed by atoms with Gasteiger partial charge in [-0.1, -0.05) is 17.4 Å². The average Bonchev–Trinajstić information content (AvgIpc) is 3.02. The number of hydrogen-bond donors (Lipinski definition) is 1. The molecule has 0 unspecified atom stereocenters. The lowest BCUT2D eigenvalue weighted by Gasteiger charge is -2.24. The summed E-state index contributed by atoms with van der Waals surface area (Å²) in [6.07, 6.45) is 1.32. The van der Waals surface area contributed by atoms with Gasteiger partial charge in [-0.3, -0.25) is 10.1 Å². The number of nitrogens with zero attached hydrogens (tertiary/aromatic N) is 2. The number of aromatic nitrogens is 1. The van der Waals surface area contributed by atoms with Gasteiger partial charge in [0.1, 0.15) is 0 Å². The van der Waals surface area contributed by atoms with Crippen LogP contribution in [0.15, 0.2) is 29.2 Å². The van der Waals surface area contributed by atoms with Gasteiger partial charge in [-0.25, -0.2) is 18.2 Å². The monoisotopic (exact) mass is 409 g/mol. The van der Waals surface area contributed by atoms with Crippen LogP contribution >= 0.6 is 11.3 Å². The van der Waals surface area contributed by atoms with Crippen molar-refractivity contribution in [2.45, 2.75) is 24.8 Å². The summed E-state index contributed by atoms with van der Waals surface area (Å²) in [6.45, 7) is 2.98. The maximum Gasteiger partial charge on any atom is 0.410 e. The van der Waals surface area contributed by atoms with Crippen LogP contribution in [0, 0.1) is 0 Å². The predicted molar refractivity (Wildman–Crippen MR) is 101 cm³/mol. The first-order chi connectivity index (χ1) is 12.8. The highest BCUT2D eigenvalue weighted by molar-refractivity contribution is 7.90. The summed E-state index contributed by atoms with van der Waals surface area (Å²) in [4.78, 5) is 31.3. The summed E-state index contributed by atoms with van der Waals surface area (Å²) < 4.78 is 28.3. The van der Waals surface area contributed by atoms with Crippen molar-refractivity contribution in [2.75, 3.05) is 24.7 Å². The Kier molecular flexibility index (Phi) is 5.47. The largest absolute Gasteiger partial charge is 0.450 e.